The second-order valence-corrected chi connectivity index (χ2v) is 8.81. The highest BCUT2D eigenvalue weighted by Crippen LogP contribution is 2.41. The van der Waals surface area contributed by atoms with Crippen molar-refractivity contribution in [2.45, 2.75) is 26.5 Å². The van der Waals surface area contributed by atoms with Crippen molar-refractivity contribution in [3.8, 4) is 5.75 Å². The van der Waals surface area contributed by atoms with Crippen molar-refractivity contribution in [3.63, 3.8) is 0 Å². The molecule has 6 N–H and O–H groups in total. The number of nitrogens with one attached hydrogen (secondary N) is 2. The maximum absolute atomic E-state index is 13.6. The molecule has 0 spiro atoms. The van der Waals surface area contributed by atoms with Crippen molar-refractivity contribution < 1.29 is 24.5 Å². The van der Waals surface area contributed by atoms with E-state index in [-0.39, 0.29) is 41.1 Å². The SMILES string of the molecule is COc1c(C)cnc(CN2C(=O)/C(=C\c3cc(C(=O)NC[C@H](O)CO)c[nH]3)c3c(Cl)nc(N)nc32)c1C. The summed E-state index contributed by atoms with van der Waals surface area (Å²) < 4.78 is 5.49. The standard InChI is InChI=1S/C24H26ClN7O5/c1-11-6-28-17(12(2)19(11)37-3)9-32-21-18(20(25)30-24(26)31-21)16(23(32)36)5-14-4-13(7-27-14)22(35)29-8-15(34)10-33/h4-7,15,27,33-34H,8-10H2,1-3H3,(H,29,35)(H2,26,30,31)/b16-5-/t15-/m0/s1. The molecule has 1 aliphatic rings. The highest BCUT2D eigenvalue weighted by Gasteiger charge is 2.37. The molecule has 0 unspecified atom stereocenters. The summed E-state index contributed by atoms with van der Waals surface area (Å²) in [5.41, 5.74) is 9.34. The van der Waals surface area contributed by atoms with Gasteiger partial charge in [-0.25, -0.2) is 4.98 Å². The number of hydrogen-bond acceptors (Lipinski definition) is 9. The molecular formula is C24H26ClN7O5. The number of halogens is 1. The van der Waals surface area contributed by atoms with Crippen LogP contribution in [0.25, 0.3) is 11.6 Å². The van der Waals surface area contributed by atoms with E-state index in [9.17, 15) is 14.7 Å². The van der Waals surface area contributed by atoms with E-state index < -0.39 is 24.5 Å². The molecule has 3 aromatic heterocycles. The predicted octanol–water partition coefficient (Wildman–Crippen LogP) is 1.23. The number of rotatable bonds is 8. The minimum absolute atomic E-state index is 0.0123. The average molecular weight is 528 g/mol. The second kappa shape index (κ2) is 10.5. The molecule has 0 aliphatic carbocycles. The summed E-state index contributed by atoms with van der Waals surface area (Å²) in [6.45, 7) is 3.25. The molecule has 0 saturated carbocycles. The summed E-state index contributed by atoms with van der Waals surface area (Å²) >= 11 is 6.40. The molecule has 194 valence electrons. The molecule has 12 nitrogen and oxygen atoms in total. The van der Waals surface area contributed by atoms with Gasteiger partial charge in [0.2, 0.25) is 5.95 Å². The van der Waals surface area contributed by atoms with Gasteiger partial charge in [0.25, 0.3) is 11.8 Å². The molecule has 13 heteroatoms. The Bertz CT molecular complexity index is 1400. The number of aliphatic hydroxyl groups excluding tert-OH is 2. The summed E-state index contributed by atoms with van der Waals surface area (Å²) in [7, 11) is 1.57. The Morgan fingerprint density at radius 1 is 1.38 bits per heavy atom. The zero-order valence-electron chi connectivity index (χ0n) is 20.4. The summed E-state index contributed by atoms with van der Waals surface area (Å²) in [6.07, 6.45) is 3.61. The Morgan fingerprint density at radius 2 is 2.14 bits per heavy atom. The van der Waals surface area contributed by atoms with Crippen LogP contribution in [0, 0.1) is 13.8 Å². The van der Waals surface area contributed by atoms with Crippen molar-refractivity contribution in [1.29, 1.82) is 0 Å². The van der Waals surface area contributed by atoms with Gasteiger partial charge in [0.15, 0.2) is 5.82 Å². The molecule has 4 heterocycles. The number of aromatic amines is 1. The van der Waals surface area contributed by atoms with Gasteiger partial charge in [-0.2, -0.15) is 4.98 Å². The first-order valence-corrected chi connectivity index (χ1v) is 11.6. The summed E-state index contributed by atoms with van der Waals surface area (Å²) in [5.74, 6) is -0.0205. The van der Waals surface area contributed by atoms with Crippen LogP contribution in [0.3, 0.4) is 0 Å². The van der Waals surface area contributed by atoms with Crippen LogP contribution in [-0.4, -0.2) is 68.3 Å². The van der Waals surface area contributed by atoms with Crippen LogP contribution in [0.1, 0.15) is 38.4 Å². The van der Waals surface area contributed by atoms with E-state index in [1.54, 1.807) is 19.4 Å². The third kappa shape index (κ3) is 5.12. The van der Waals surface area contributed by atoms with Crippen LogP contribution >= 0.6 is 11.6 Å². The first-order valence-electron chi connectivity index (χ1n) is 11.3. The molecule has 4 rings (SSSR count). The number of hydrogen-bond donors (Lipinski definition) is 5. The number of anilines is 2. The molecule has 0 radical (unpaired) electrons. The molecule has 1 atom stereocenters. The van der Waals surface area contributed by atoms with Crippen molar-refractivity contribution >= 4 is 46.8 Å². The van der Waals surface area contributed by atoms with E-state index >= 15 is 0 Å². The number of nitrogen functional groups attached to an aromatic ring is 1. The van der Waals surface area contributed by atoms with Crippen molar-refractivity contribution in [3.05, 3.63) is 57.3 Å². The number of methoxy groups -OCH3 is 1. The largest absolute Gasteiger partial charge is 0.496 e. The zero-order valence-corrected chi connectivity index (χ0v) is 21.1. The molecule has 3 aromatic rings. The fourth-order valence-corrected chi connectivity index (χ4v) is 4.31. The third-order valence-electron chi connectivity index (χ3n) is 5.90. The van der Waals surface area contributed by atoms with E-state index in [1.807, 2.05) is 13.8 Å². The number of aryl methyl sites for hydroxylation is 1. The van der Waals surface area contributed by atoms with Crippen LogP contribution in [-0.2, 0) is 11.3 Å². The molecule has 1 aliphatic heterocycles. The number of aromatic nitrogens is 4. The van der Waals surface area contributed by atoms with Gasteiger partial charge in [0.05, 0.1) is 48.8 Å². The number of carbonyl (C=O) groups excluding carboxylic acids is 2. The van der Waals surface area contributed by atoms with Gasteiger partial charge < -0.3 is 31.0 Å². The van der Waals surface area contributed by atoms with Gasteiger partial charge in [-0.3, -0.25) is 19.5 Å². The average Bonchev–Trinajstić information content (AvgIpc) is 3.43. The Labute approximate surface area is 217 Å². The second-order valence-electron chi connectivity index (χ2n) is 8.46. The fraction of sp³-hybridized carbons (Fsp3) is 0.292. The maximum Gasteiger partial charge on any atom is 0.260 e. The van der Waals surface area contributed by atoms with Gasteiger partial charge >= 0.3 is 0 Å². The normalized spacial score (nSPS) is 14.7. The lowest BCUT2D eigenvalue weighted by molar-refractivity contribution is -0.113. The number of H-pyrrole nitrogens is 1. The Balaban J connectivity index is 1.69. The topological polar surface area (TPSA) is 180 Å². The van der Waals surface area contributed by atoms with Crippen molar-refractivity contribution in [1.82, 2.24) is 25.3 Å². The maximum atomic E-state index is 13.6. The number of amides is 2. The van der Waals surface area contributed by atoms with Crippen LogP contribution in [0.2, 0.25) is 5.15 Å². The third-order valence-corrected chi connectivity index (χ3v) is 6.17. The van der Waals surface area contributed by atoms with E-state index in [4.69, 9.17) is 27.2 Å². The van der Waals surface area contributed by atoms with Crippen LogP contribution < -0.4 is 20.7 Å². The quantitative estimate of drug-likeness (QED) is 0.213. The van der Waals surface area contributed by atoms with Crippen LogP contribution in [0.15, 0.2) is 18.5 Å². The number of carbonyl (C=O) groups is 2. The highest BCUT2D eigenvalue weighted by atomic mass is 35.5. The lowest BCUT2D eigenvalue weighted by atomic mass is 10.1. The fourth-order valence-electron chi connectivity index (χ4n) is 4.03. The molecule has 0 saturated heterocycles. The predicted molar refractivity (Wildman–Crippen MR) is 137 cm³/mol. The Hall–Kier alpha value is -4.00. The lowest BCUT2D eigenvalue weighted by Gasteiger charge is -2.19. The molecule has 0 fully saturated rings. The smallest absolute Gasteiger partial charge is 0.260 e. The zero-order chi connectivity index (χ0) is 26.9. The molecule has 37 heavy (non-hydrogen) atoms. The van der Waals surface area contributed by atoms with Crippen molar-refractivity contribution in [2.24, 2.45) is 0 Å². The number of nitrogens with two attached hydrogens (primary N) is 1. The number of nitrogens with zero attached hydrogens (tertiary/aromatic N) is 4. The minimum atomic E-state index is -1.07. The van der Waals surface area contributed by atoms with E-state index in [0.29, 0.717) is 22.7 Å². The number of aliphatic hydroxyl groups is 2. The summed E-state index contributed by atoms with van der Waals surface area (Å²) in [5, 5.41) is 20.9. The number of fused-ring (bicyclic) bond motifs is 1. The van der Waals surface area contributed by atoms with Gasteiger partial charge in [-0.1, -0.05) is 11.6 Å². The summed E-state index contributed by atoms with van der Waals surface area (Å²) in [4.78, 5) is 43.1. The summed E-state index contributed by atoms with van der Waals surface area (Å²) in [6, 6.07) is 1.53. The molecule has 0 bridgehead atoms. The van der Waals surface area contributed by atoms with Gasteiger partial charge in [0, 0.05) is 35.8 Å². The van der Waals surface area contributed by atoms with Crippen LogP contribution in [0.4, 0.5) is 11.8 Å². The Kier molecular flexibility index (Phi) is 7.43. The number of ether oxygens (including phenoxy) is 1. The number of pyridine rings is 1. The van der Waals surface area contributed by atoms with E-state index in [0.717, 1.165) is 11.1 Å². The van der Waals surface area contributed by atoms with Gasteiger partial charge in [-0.15, -0.1) is 0 Å². The highest BCUT2D eigenvalue weighted by molar-refractivity contribution is 6.41. The first-order chi connectivity index (χ1) is 17.6. The first kappa shape index (κ1) is 26.1. The Morgan fingerprint density at radius 3 is 2.84 bits per heavy atom. The monoisotopic (exact) mass is 527 g/mol. The van der Waals surface area contributed by atoms with Gasteiger partial charge in [0.1, 0.15) is 10.9 Å². The molecule has 0 aromatic carbocycles. The molecular weight excluding hydrogens is 502 g/mol. The molecule has 2 amide bonds. The van der Waals surface area contributed by atoms with E-state index in [2.05, 4.69) is 25.3 Å². The van der Waals surface area contributed by atoms with Crippen molar-refractivity contribution in [2.75, 3.05) is 30.9 Å². The van der Waals surface area contributed by atoms with Gasteiger partial charge in [-0.05, 0) is 26.0 Å². The van der Waals surface area contributed by atoms with E-state index in [1.165, 1.54) is 17.2 Å². The minimum Gasteiger partial charge on any atom is -0.496 e. The lowest BCUT2D eigenvalue weighted by Crippen LogP contribution is -2.33. The van der Waals surface area contributed by atoms with Crippen LogP contribution in [0.5, 0.6) is 5.75 Å².